The molecule has 0 unspecified atom stereocenters. The van der Waals surface area contributed by atoms with Crippen molar-refractivity contribution in [3.8, 4) is 11.8 Å². The summed E-state index contributed by atoms with van der Waals surface area (Å²) in [6.45, 7) is 0. The lowest BCUT2D eigenvalue weighted by Crippen LogP contribution is -2.42. The Hall–Kier alpha value is -1.85. The molecule has 2 saturated carbocycles. The summed E-state index contributed by atoms with van der Waals surface area (Å²) < 4.78 is 11.1. The Morgan fingerprint density at radius 1 is 1.00 bits per heavy atom. The largest absolute Gasteiger partial charge is 0.477 e. The maximum absolute atomic E-state index is 12.3. The van der Waals surface area contributed by atoms with E-state index in [1.165, 1.54) is 19.3 Å². The van der Waals surface area contributed by atoms with Gasteiger partial charge in [0.1, 0.15) is 6.10 Å². The summed E-state index contributed by atoms with van der Waals surface area (Å²) in [5, 5.41) is 3.25. The Balaban J connectivity index is 1.44. The van der Waals surface area contributed by atoms with Gasteiger partial charge in [-0.15, -0.1) is 0 Å². The second-order valence-corrected chi connectivity index (χ2v) is 6.81. The highest BCUT2D eigenvalue weighted by atomic mass is 16.5. The van der Waals surface area contributed by atoms with Gasteiger partial charge in [-0.2, -0.15) is 0 Å². The molecule has 0 aliphatic heterocycles. The fourth-order valence-electron chi connectivity index (χ4n) is 3.70. The van der Waals surface area contributed by atoms with Gasteiger partial charge < -0.3 is 14.8 Å². The van der Waals surface area contributed by atoms with Crippen molar-refractivity contribution in [3.63, 3.8) is 0 Å². The fourth-order valence-corrected chi connectivity index (χ4v) is 3.70. The molecule has 0 saturated heterocycles. The zero-order chi connectivity index (χ0) is 16.8. The van der Waals surface area contributed by atoms with Gasteiger partial charge in [-0.1, -0.05) is 19.3 Å². The van der Waals surface area contributed by atoms with Crippen molar-refractivity contribution in [2.75, 3.05) is 7.11 Å². The second kappa shape index (κ2) is 8.31. The quantitative estimate of drug-likeness (QED) is 0.897. The number of aromatic nitrogens is 2. The predicted molar refractivity (Wildman–Crippen MR) is 90.0 cm³/mol. The Bertz CT molecular complexity index is 538. The molecule has 1 aromatic heterocycles. The number of hydrogen-bond donors (Lipinski definition) is 1. The van der Waals surface area contributed by atoms with Gasteiger partial charge in [0.05, 0.1) is 7.11 Å². The van der Waals surface area contributed by atoms with Crippen molar-refractivity contribution in [2.45, 2.75) is 69.9 Å². The standard InChI is InChI=1S/C18H27N3O3/c1-23-17-18(20-12-11-19-17)24-15-9-7-14(8-10-15)21-16(22)13-5-3-2-4-6-13/h11-15H,2-10H2,1H3,(H,21,22). The number of carbonyl (C=O) groups is 1. The van der Waals surface area contributed by atoms with Gasteiger partial charge >= 0.3 is 0 Å². The molecule has 24 heavy (non-hydrogen) atoms. The van der Waals surface area contributed by atoms with Crippen LogP contribution in [0.2, 0.25) is 0 Å². The summed E-state index contributed by atoms with van der Waals surface area (Å²) in [4.78, 5) is 20.6. The summed E-state index contributed by atoms with van der Waals surface area (Å²) in [5.74, 6) is 1.37. The van der Waals surface area contributed by atoms with Crippen LogP contribution in [-0.4, -0.2) is 35.1 Å². The SMILES string of the molecule is COc1nccnc1OC1CCC(NC(=O)C2CCCCC2)CC1. The van der Waals surface area contributed by atoms with Crippen LogP contribution in [0.15, 0.2) is 12.4 Å². The number of nitrogens with zero attached hydrogens (tertiary/aromatic N) is 2. The van der Waals surface area contributed by atoms with E-state index >= 15 is 0 Å². The van der Waals surface area contributed by atoms with Crippen LogP contribution < -0.4 is 14.8 Å². The lowest BCUT2D eigenvalue weighted by Gasteiger charge is -2.31. The van der Waals surface area contributed by atoms with Crippen LogP contribution in [0, 0.1) is 5.92 Å². The zero-order valence-electron chi connectivity index (χ0n) is 14.4. The molecule has 2 fully saturated rings. The Morgan fingerprint density at radius 2 is 1.67 bits per heavy atom. The van der Waals surface area contributed by atoms with Gasteiger partial charge in [0.15, 0.2) is 0 Å². The first kappa shape index (κ1) is 17.0. The number of hydrogen-bond acceptors (Lipinski definition) is 5. The first-order valence-corrected chi connectivity index (χ1v) is 9.08. The predicted octanol–water partition coefficient (Wildman–Crippen LogP) is 2.87. The average molecular weight is 333 g/mol. The molecule has 2 aliphatic rings. The molecule has 0 radical (unpaired) electrons. The molecule has 0 atom stereocenters. The van der Waals surface area contributed by atoms with E-state index in [1.54, 1.807) is 19.5 Å². The van der Waals surface area contributed by atoms with Gasteiger partial charge in [0.25, 0.3) is 11.8 Å². The monoisotopic (exact) mass is 333 g/mol. The number of amides is 1. The fraction of sp³-hybridized carbons (Fsp3) is 0.722. The summed E-state index contributed by atoms with van der Waals surface area (Å²) in [6, 6.07) is 0.281. The molecule has 0 bridgehead atoms. The lowest BCUT2D eigenvalue weighted by atomic mass is 9.87. The number of ether oxygens (including phenoxy) is 2. The van der Waals surface area contributed by atoms with Crippen LogP contribution in [0.3, 0.4) is 0 Å². The van der Waals surface area contributed by atoms with E-state index in [9.17, 15) is 4.79 Å². The highest BCUT2D eigenvalue weighted by molar-refractivity contribution is 5.79. The highest BCUT2D eigenvalue weighted by Gasteiger charge is 2.27. The van der Waals surface area contributed by atoms with Crippen LogP contribution in [0.25, 0.3) is 0 Å². The molecular weight excluding hydrogens is 306 g/mol. The first-order chi connectivity index (χ1) is 11.8. The molecule has 0 aromatic carbocycles. The van der Waals surface area contributed by atoms with Gasteiger partial charge in [0.2, 0.25) is 5.91 Å². The molecule has 0 spiro atoms. The van der Waals surface area contributed by atoms with Gasteiger partial charge in [-0.3, -0.25) is 4.79 Å². The third-order valence-electron chi connectivity index (χ3n) is 5.10. The van der Waals surface area contributed by atoms with E-state index in [1.807, 2.05) is 0 Å². The van der Waals surface area contributed by atoms with Crippen molar-refractivity contribution in [3.05, 3.63) is 12.4 Å². The number of rotatable bonds is 5. The normalized spacial score (nSPS) is 25.0. The van der Waals surface area contributed by atoms with Crippen molar-refractivity contribution in [1.29, 1.82) is 0 Å². The van der Waals surface area contributed by atoms with Gasteiger partial charge in [-0.25, -0.2) is 9.97 Å². The minimum absolute atomic E-state index is 0.110. The third-order valence-corrected chi connectivity index (χ3v) is 5.10. The minimum atomic E-state index is 0.110. The van der Waals surface area contributed by atoms with Crippen molar-refractivity contribution in [1.82, 2.24) is 15.3 Å². The van der Waals surface area contributed by atoms with Crippen LogP contribution >= 0.6 is 0 Å². The van der Waals surface area contributed by atoms with E-state index in [0.29, 0.717) is 11.8 Å². The number of carbonyl (C=O) groups excluding carboxylic acids is 1. The lowest BCUT2D eigenvalue weighted by molar-refractivity contribution is -0.127. The molecule has 1 N–H and O–H groups in total. The summed E-state index contributed by atoms with van der Waals surface area (Å²) in [7, 11) is 1.56. The van der Waals surface area contributed by atoms with E-state index in [2.05, 4.69) is 15.3 Å². The average Bonchev–Trinajstić information content (AvgIpc) is 2.64. The maximum Gasteiger partial charge on any atom is 0.278 e. The Labute approximate surface area is 143 Å². The summed E-state index contributed by atoms with van der Waals surface area (Å²) in [5.41, 5.74) is 0. The van der Waals surface area contributed by atoms with Crippen molar-refractivity contribution < 1.29 is 14.3 Å². The third kappa shape index (κ3) is 4.36. The first-order valence-electron chi connectivity index (χ1n) is 9.08. The summed E-state index contributed by atoms with van der Waals surface area (Å²) in [6.07, 6.45) is 12.8. The molecule has 6 nitrogen and oxygen atoms in total. The van der Waals surface area contributed by atoms with Crippen LogP contribution in [0.4, 0.5) is 0 Å². The molecule has 6 heteroatoms. The van der Waals surface area contributed by atoms with Crippen LogP contribution in [0.5, 0.6) is 11.8 Å². The molecular formula is C18H27N3O3. The Morgan fingerprint density at radius 3 is 2.33 bits per heavy atom. The minimum Gasteiger partial charge on any atom is -0.477 e. The van der Waals surface area contributed by atoms with E-state index in [0.717, 1.165) is 38.5 Å². The zero-order valence-corrected chi connectivity index (χ0v) is 14.4. The molecule has 3 rings (SSSR count). The maximum atomic E-state index is 12.3. The van der Waals surface area contributed by atoms with Crippen LogP contribution in [-0.2, 0) is 4.79 Å². The van der Waals surface area contributed by atoms with Gasteiger partial charge in [0, 0.05) is 24.4 Å². The topological polar surface area (TPSA) is 73.3 Å². The smallest absolute Gasteiger partial charge is 0.278 e. The van der Waals surface area contributed by atoms with E-state index in [4.69, 9.17) is 9.47 Å². The molecule has 1 aromatic rings. The van der Waals surface area contributed by atoms with Crippen molar-refractivity contribution >= 4 is 5.91 Å². The molecule has 1 heterocycles. The molecule has 1 amide bonds. The number of methoxy groups -OCH3 is 1. The van der Waals surface area contributed by atoms with Gasteiger partial charge in [-0.05, 0) is 38.5 Å². The number of nitrogens with one attached hydrogen (secondary N) is 1. The molecule has 2 aliphatic carbocycles. The molecule has 132 valence electrons. The Kier molecular flexibility index (Phi) is 5.88. The second-order valence-electron chi connectivity index (χ2n) is 6.81. The summed E-state index contributed by atoms with van der Waals surface area (Å²) >= 11 is 0. The van der Waals surface area contributed by atoms with Crippen LogP contribution in [0.1, 0.15) is 57.8 Å². The van der Waals surface area contributed by atoms with E-state index in [-0.39, 0.29) is 24.0 Å². The van der Waals surface area contributed by atoms with E-state index < -0.39 is 0 Å². The van der Waals surface area contributed by atoms with Crippen molar-refractivity contribution in [2.24, 2.45) is 5.92 Å². The highest BCUT2D eigenvalue weighted by Crippen LogP contribution is 2.28.